The van der Waals surface area contributed by atoms with Gasteiger partial charge in [-0.3, -0.25) is 15.1 Å². The average Bonchev–Trinajstić information content (AvgIpc) is 2.88. The highest BCUT2D eigenvalue weighted by Crippen LogP contribution is 2.24. The predicted octanol–water partition coefficient (Wildman–Crippen LogP) is 2.63. The van der Waals surface area contributed by atoms with Crippen LogP contribution in [0.5, 0.6) is 5.95 Å². The Morgan fingerprint density at radius 1 is 1.37 bits per heavy atom. The fraction of sp³-hybridized carbons (Fsp3) is 0.231. The average molecular weight is 262 g/mol. The fourth-order valence-corrected chi connectivity index (χ4v) is 1.45. The Hall–Kier alpha value is -2.34. The number of anilines is 1. The third kappa shape index (κ3) is 3.32. The van der Waals surface area contributed by atoms with Gasteiger partial charge in [0.2, 0.25) is 0 Å². The summed E-state index contributed by atoms with van der Waals surface area (Å²) in [7, 11) is 1.54. The molecular weight excluding hydrogens is 248 g/mol. The highest BCUT2D eigenvalue weighted by Gasteiger charge is 2.10. The second kappa shape index (κ2) is 6.01. The molecule has 0 aliphatic heterocycles. The number of rotatable bonds is 5. The lowest BCUT2D eigenvalue weighted by Gasteiger charge is -2.02. The van der Waals surface area contributed by atoms with E-state index in [0.29, 0.717) is 5.69 Å². The normalized spacial score (nSPS) is 10.2. The smallest absolute Gasteiger partial charge is 0.319 e. The van der Waals surface area contributed by atoms with E-state index in [-0.39, 0.29) is 18.3 Å². The minimum absolute atomic E-state index is 0.0981. The zero-order chi connectivity index (χ0) is 13.7. The van der Waals surface area contributed by atoms with E-state index in [4.69, 9.17) is 14.1 Å². The van der Waals surface area contributed by atoms with Crippen LogP contribution in [0.1, 0.15) is 13.3 Å². The van der Waals surface area contributed by atoms with Gasteiger partial charge in [-0.1, -0.05) is 24.2 Å². The SMILES string of the molecule is CCC(=O)Oc1cc(-c2ccc(NOC)cc2)no1. The van der Waals surface area contributed by atoms with Crippen LogP contribution >= 0.6 is 0 Å². The van der Waals surface area contributed by atoms with Gasteiger partial charge in [0, 0.05) is 12.0 Å². The number of ether oxygens (including phenoxy) is 1. The number of esters is 1. The molecule has 1 N–H and O–H groups in total. The molecule has 0 atom stereocenters. The van der Waals surface area contributed by atoms with Crippen molar-refractivity contribution in [3.05, 3.63) is 30.3 Å². The number of hydrogen-bond acceptors (Lipinski definition) is 6. The summed E-state index contributed by atoms with van der Waals surface area (Å²) in [5, 5.41) is 3.85. The Kier molecular flexibility index (Phi) is 4.15. The summed E-state index contributed by atoms with van der Waals surface area (Å²) >= 11 is 0. The lowest BCUT2D eigenvalue weighted by Crippen LogP contribution is -2.04. The molecule has 1 aromatic carbocycles. The summed E-state index contributed by atoms with van der Waals surface area (Å²) in [6.07, 6.45) is 0.285. The third-order valence-electron chi connectivity index (χ3n) is 2.39. The zero-order valence-corrected chi connectivity index (χ0v) is 10.7. The van der Waals surface area contributed by atoms with Gasteiger partial charge in [0.1, 0.15) is 5.69 Å². The van der Waals surface area contributed by atoms with E-state index in [1.165, 1.54) is 0 Å². The summed E-state index contributed by atoms with van der Waals surface area (Å²) in [4.78, 5) is 15.9. The molecule has 0 saturated carbocycles. The first kappa shape index (κ1) is 13.1. The fourth-order valence-electron chi connectivity index (χ4n) is 1.45. The van der Waals surface area contributed by atoms with Crippen molar-refractivity contribution in [2.24, 2.45) is 0 Å². The van der Waals surface area contributed by atoms with Crippen LogP contribution in [0.2, 0.25) is 0 Å². The Bertz CT molecular complexity index is 548. The molecule has 0 radical (unpaired) electrons. The highest BCUT2D eigenvalue weighted by atomic mass is 16.6. The van der Waals surface area contributed by atoms with Crippen molar-refractivity contribution in [3.8, 4) is 17.2 Å². The van der Waals surface area contributed by atoms with Gasteiger partial charge in [0.15, 0.2) is 0 Å². The van der Waals surface area contributed by atoms with Crippen molar-refractivity contribution in [1.82, 2.24) is 5.16 Å². The second-order valence-corrected chi connectivity index (χ2v) is 3.74. The molecule has 0 saturated heterocycles. The van der Waals surface area contributed by atoms with Crippen molar-refractivity contribution in [3.63, 3.8) is 0 Å². The summed E-state index contributed by atoms with van der Waals surface area (Å²) in [6, 6.07) is 8.96. The maximum Gasteiger partial charge on any atom is 0.319 e. The molecule has 100 valence electrons. The molecule has 0 spiro atoms. The van der Waals surface area contributed by atoms with Crippen molar-refractivity contribution in [2.45, 2.75) is 13.3 Å². The molecule has 19 heavy (non-hydrogen) atoms. The van der Waals surface area contributed by atoms with E-state index in [2.05, 4.69) is 10.6 Å². The number of carbonyl (C=O) groups is 1. The molecular formula is C13H14N2O4. The van der Waals surface area contributed by atoms with Gasteiger partial charge in [0.05, 0.1) is 18.9 Å². The molecule has 0 fully saturated rings. The second-order valence-electron chi connectivity index (χ2n) is 3.74. The maximum absolute atomic E-state index is 11.1. The summed E-state index contributed by atoms with van der Waals surface area (Å²) < 4.78 is 9.86. The van der Waals surface area contributed by atoms with Gasteiger partial charge in [-0.15, -0.1) is 0 Å². The number of nitrogens with one attached hydrogen (secondary N) is 1. The van der Waals surface area contributed by atoms with E-state index in [1.807, 2.05) is 24.3 Å². The molecule has 2 aromatic rings. The van der Waals surface area contributed by atoms with Crippen LogP contribution < -0.4 is 10.2 Å². The first-order valence-corrected chi connectivity index (χ1v) is 5.79. The van der Waals surface area contributed by atoms with Crippen LogP contribution in [0.25, 0.3) is 11.3 Å². The van der Waals surface area contributed by atoms with Crippen LogP contribution in [-0.4, -0.2) is 18.2 Å². The third-order valence-corrected chi connectivity index (χ3v) is 2.39. The quantitative estimate of drug-likeness (QED) is 0.659. The lowest BCUT2D eigenvalue weighted by molar-refractivity contribution is -0.135. The minimum Gasteiger partial charge on any atom is -0.391 e. The first-order valence-electron chi connectivity index (χ1n) is 5.79. The van der Waals surface area contributed by atoms with Gasteiger partial charge in [0.25, 0.3) is 0 Å². The van der Waals surface area contributed by atoms with E-state index in [9.17, 15) is 4.79 Å². The van der Waals surface area contributed by atoms with Crippen LogP contribution in [0.3, 0.4) is 0 Å². The van der Waals surface area contributed by atoms with Crippen LogP contribution in [-0.2, 0) is 9.63 Å². The van der Waals surface area contributed by atoms with Crippen molar-refractivity contribution < 1.29 is 18.9 Å². The number of hydrogen-bond donors (Lipinski definition) is 1. The van der Waals surface area contributed by atoms with Crippen molar-refractivity contribution in [1.29, 1.82) is 0 Å². The van der Waals surface area contributed by atoms with Crippen molar-refractivity contribution >= 4 is 11.7 Å². The number of nitrogens with zero attached hydrogens (tertiary/aromatic N) is 1. The zero-order valence-electron chi connectivity index (χ0n) is 10.7. The van der Waals surface area contributed by atoms with E-state index >= 15 is 0 Å². The Labute approximate surface area is 110 Å². The maximum atomic E-state index is 11.1. The first-order chi connectivity index (χ1) is 9.22. The monoisotopic (exact) mass is 262 g/mol. The number of benzene rings is 1. The molecule has 0 unspecified atom stereocenters. The molecule has 6 nitrogen and oxygen atoms in total. The Balaban J connectivity index is 2.11. The van der Waals surface area contributed by atoms with Crippen molar-refractivity contribution in [2.75, 3.05) is 12.6 Å². The summed E-state index contributed by atoms with van der Waals surface area (Å²) in [5.74, 6) is -0.261. The van der Waals surface area contributed by atoms with Gasteiger partial charge in [-0.2, -0.15) is 0 Å². The highest BCUT2D eigenvalue weighted by molar-refractivity contribution is 5.72. The van der Waals surface area contributed by atoms with Crippen LogP contribution in [0, 0.1) is 0 Å². The van der Waals surface area contributed by atoms with Gasteiger partial charge in [-0.25, -0.2) is 0 Å². The molecule has 6 heteroatoms. The van der Waals surface area contributed by atoms with E-state index in [1.54, 1.807) is 20.1 Å². The van der Waals surface area contributed by atoms with Gasteiger partial charge >= 0.3 is 11.9 Å². The summed E-state index contributed by atoms with van der Waals surface area (Å²) in [6.45, 7) is 1.71. The molecule has 0 aliphatic carbocycles. The topological polar surface area (TPSA) is 73.6 Å². The van der Waals surface area contributed by atoms with Crippen LogP contribution in [0.15, 0.2) is 34.9 Å². The molecule has 2 rings (SSSR count). The largest absolute Gasteiger partial charge is 0.391 e. The lowest BCUT2D eigenvalue weighted by atomic mass is 10.1. The Morgan fingerprint density at radius 3 is 2.74 bits per heavy atom. The predicted molar refractivity (Wildman–Crippen MR) is 68.5 cm³/mol. The molecule has 1 heterocycles. The molecule has 0 amide bonds. The molecule has 0 aliphatic rings. The van der Waals surface area contributed by atoms with Gasteiger partial charge in [-0.05, 0) is 12.1 Å². The van der Waals surface area contributed by atoms with Gasteiger partial charge < -0.3 is 9.26 Å². The summed E-state index contributed by atoms with van der Waals surface area (Å²) in [5.41, 5.74) is 4.99. The molecule has 1 aromatic heterocycles. The van der Waals surface area contributed by atoms with Crippen LogP contribution in [0.4, 0.5) is 5.69 Å². The number of carbonyl (C=O) groups excluding carboxylic acids is 1. The minimum atomic E-state index is -0.359. The van der Waals surface area contributed by atoms with E-state index in [0.717, 1.165) is 11.3 Å². The number of aromatic nitrogens is 1. The standard InChI is InChI=1S/C13H14N2O4/c1-3-12(16)18-13-8-11(15-19-13)9-4-6-10(7-5-9)14-17-2/h4-8,14H,3H2,1-2H3. The molecule has 0 bridgehead atoms. The van der Waals surface area contributed by atoms with E-state index < -0.39 is 0 Å². The Morgan fingerprint density at radius 2 is 2.11 bits per heavy atom.